The Balaban J connectivity index is 1.42. The molecule has 2 aliphatic heterocycles. The average Bonchev–Trinajstić information content (AvgIpc) is 2.96. The van der Waals surface area contributed by atoms with Crippen molar-refractivity contribution in [1.29, 1.82) is 0 Å². The zero-order chi connectivity index (χ0) is 18.9. The highest BCUT2D eigenvalue weighted by Crippen LogP contribution is 2.19. The van der Waals surface area contributed by atoms with E-state index in [-0.39, 0.29) is 0 Å². The predicted octanol–water partition coefficient (Wildman–Crippen LogP) is 2.91. The largest absolute Gasteiger partial charge is 0.491 e. The molecule has 1 aromatic carbocycles. The van der Waals surface area contributed by atoms with Gasteiger partial charge in [-0.3, -0.25) is 4.90 Å². The number of nitrogens with zero attached hydrogens (tertiary/aromatic N) is 2. The molecule has 1 N–H and O–H groups in total. The van der Waals surface area contributed by atoms with E-state index < -0.39 is 6.10 Å². The number of piperidine rings is 1. The van der Waals surface area contributed by atoms with Gasteiger partial charge in [0.25, 0.3) is 0 Å². The van der Waals surface area contributed by atoms with E-state index in [0.29, 0.717) is 19.3 Å². The first-order chi connectivity index (χ1) is 13.2. The molecule has 0 amide bonds. The number of likely N-dealkylation sites (tertiary alicyclic amines) is 2. The normalized spacial score (nSPS) is 21.7. The fourth-order valence-electron chi connectivity index (χ4n) is 4.16. The van der Waals surface area contributed by atoms with Crippen LogP contribution >= 0.6 is 0 Å². The number of aliphatic hydroxyl groups excluding tert-OH is 1. The van der Waals surface area contributed by atoms with Crippen LogP contribution in [0.2, 0.25) is 0 Å². The van der Waals surface area contributed by atoms with Crippen molar-refractivity contribution >= 4 is 0 Å². The molecule has 0 saturated carbocycles. The number of hydrogen-bond acceptors (Lipinski definition) is 5. The van der Waals surface area contributed by atoms with E-state index in [0.717, 1.165) is 51.3 Å². The molecule has 3 rings (SSSR count). The lowest BCUT2D eigenvalue weighted by Crippen LogP contribution is -2.36. The van der Waals surface area contributed by atoms with E-state index in [4.69, 9.17) is 9.47 Å². The summed E-state index contributed by atoms with van der Waals surface area (Å²) in [5, 5.41) is 10.3. The second kappa shape index (κ2) is 11.0. The van der Waals surface area contributed by atoms with Gasteiger partial charge in [0.15, 0.2) is 0 Å². The summed E-state index contributed by atoms with van der Waals surface area (Å²) in [5.74, 6) is 0.856. The van der Waals surface area contributed by atoms with Crippen molar-refractivity contribution in [2.24, 2.45) is 0 Å². The van der Waals surface area contributed by atoms with Gasteiger partial charge in [0.1, 0.15) is 18.5 Å². The lowest BCUT2D eigenvalue weighted by atomic mass is 10.1. The summed E-state index contributed by atoms with van der Waals surface area (Å²) >= 11 is 0. The van der Waals surface area contributed by atoms with Crippen molar-refractivity contribution in [3.05, 3.63) is 29.8 Å². The molecule has 5 nitrogen and oxygen atoms in total. The second-order valence-electron chi connectivity index (χ2n) is 8.04. The number of aliphatic hydroxyl groups is 1. The zero-order valence-electron chi connectivity index (χ0n) is 16.8. The van der Waals surface area contributed by atoms with Gasteiger partial charge in [0, 0.05) is 33.3 Å². The minimum absolute atomic E-state index is 0.360. The standard InChI is InChI=1S/C22H36N2O3/c1-26-21-9-13-24(14-10-21)16-19-7-6-8-22(15-19)27-18-20(25)17-23-11-4-2-3-5-12-23/h6-8,15,20-21,25H,2-5,9-14,16-18H2,1H3/t20-/m0/s1. The molecule has 1 atom stereocenters. The zero-order valence-corrected chi connectivity index (χ0v) is 16.8. The maximum atomic E-state index is 10.3. The average molecular weight is 377 g/mol. The molecular weight excluding hydrogens is 340 g/mol. The van der Waals surface area contributed by atoms with Crippen LogP contribution in [-0.4, -0.2) is 73.6 Å². The molecule has 152 valence electrons. The quantitative estimate of drug-likeness (QED) is 0.756. The Hall–Kier alpha value is -1.14. The molecule has 5 heteroatoms. The van der Waals surface area contributed by atoms with Crippen LogP contribution in [0.4, 0.5) is 0 Å². The third-order valence-electron chi connectivity index (χ3n) is 5.78. The summed E-state index contributed by atoms with van der Waals surface area (Å²) in [5.41, 5.74) is 1.27. The Morgan fingerprint density at radius 3 is 2.48 bits per heavy atom. The predicted molar refractivity (Wildman–Crippen MR) is 108 cm³/mol. The molecule has 0 aromatic heterocycles. The Bertz CT molecular complexity index is 538. The highest BCUT2D eigenvalue weighted by atomic mass is 16.5. The number of rotatable bonds is 8. The van der Waals surface area contributed by atoms with Crippen LogP contribution in [-0.2, 0) is 11.3 Å². The first-order valence-corrected chi connectivity index (χ1v) is 10.6. The van der Waals surface area contributed by atoms with Crippen LogP contribution in [0, 0.1) is 0 Å². The van der Waals surface area contributed by atoms with Gasteiger partial charge in [-0.05, 0) is 56.5 Å². The monoisotopic (exact) mass is 376 g/mol. The molecule has 2 saturated heterocycles. The first-order valence-electron chi connectivity index (χ1n) is 10.6. The lowest BCUT2D eigenvalue weighted by molar-refractivity contribution is 0.0388. The van der Waals surface area contributed by atoms with E-state index in [1.54, 1.807) is 0 Å². The van der Waals surface area contributed by atoms with Crippen molar-refractivity contribution in [3.8, 4) is 5.75 Å². The summed E-state index contributed by atoms with van der Waals surface area (Å²) in [6.07, 6.45) is 7.33. The van der Waals surface area contributed by atoms with Gasteiger partial charge in [-0.2, -0.15) is 0 Å². The number of β-amino-alcohol motifs (C(OH)–C–C–N with tert-alkyl or cyclic N) is 1. The molecule has 0 bridgehead atoms. The minimum atomic E-state index is -0.431. The maximum absolute atomic E-state index is 10.3. The van der Waals surface area contributed by atoms with E-state index in [2.05, 4.69) is 21.9 Å². The van der Waals surface area contributed by atoms with Gasteiger partial charge in [0.2, 0.25) is 0 Å². The summed E-state index contributed by atoms with van der Waals surface area (Å²) in [4.78, 5) is 4.85. The summed E-state index contributed by atoms with van der Waals surface area (Å²) in [6.45, 7) is 6.40. The minimum Gasteiger partial charge on any atom is -0.491 e. The first kappa shape index (κ1) is 20.6. The molecule has 2 fully saturated rings. The highest BCUT2D eigenvalue weighted by Gasteiger charge is 2.19. The van der Waals surface area contributed by atoms with Crippen LogP contribution in [0.25, 0.3) is 0 Å². The lowest BCUT2D eigenvalue weighted by Gasteiger charge is -2.31. The van der Waals surface area contributed by atoms with Gasteiger partial charge >= 0.3 is 0 Å². The number of methoxy groups -OCH3 is 1. The maximum Gasteiger partial charge on any atom is 0.119 e. The molecule has 0 aliphatic carbocycles. The van der Waals surface area contributed by atoms with E-state index in [1.807, 2.05) is 19.2 Å². The topological polar surface area (TPSA) is 45.2 Å². The summed E-state index contributed by atoms with van der Waals surface area (Å²) in [6, 6.07) is 8.30. The van der Waals surface area contributed by atoms with Gasteiger partial charge in [0.05, 0.1) is 6.10 Å². The van der Waals surface area contributed by atoms with Crippen LogP contribution in [0.15, 0.2) is 24.3 Å². The SMILES string of the molecule is COC1CCN(Cc2cccc(OC[C@@H](O)CN3CCCCCC3)c2)CC1. The highest BCUT2D eigenvalue weighted by molar-refractivity contribution is 5.28. The third-order valence-corrected chi connectivity index (χ3v) is 5.78. The second-order valence-corrected chi connectivity index (χ2v) is 8.04. The molecule has 27 heavy (non-hydrogen) atoms. The van der Waals surface area contributed by atoms with Crippen molar-refractivity contribution in [2.75, 3.05) is 46.4 Å². The van der Waals surface area contributed by atoms with Gasteiger partial charge < -0.3 is 19.5 Å². The number of benzene rings is 1. The van der Waals surface area contributed by atoms with Gasteiger partial charge in [-0.15, -0.1) is 0 Å². The smallest absolute Gasteiger partial charge is 0.119 e. The Kier molecular flexibility index (Phi) is 8.39. The van der Waals surface area contributed by atoms with E-state index >= 15 is 0 Å². The molecule has 2 heterocycles. The Labute approximate surface area is 164 Å². The molecular formula is C22H36N2O3. The van der Waals surface area contributed by atoms with Crippen molar-refractivity contribution < 1.29 is 14.6 Å². The molecule has 0 spiro atoms. The summed E-state index contributed by atoms with van der Waals surface area (Å²) < 4.78 is 11.3. The fourth-order valence-corrected chi connectivity index (χ4v) is 4.16. The summed E-state index contributed by atoms with van der Waals surface area (Å²) in [7, 11) is 1.81. The Morgan fingerprint density at radius 2 is 1.78 bits per heavy atom. The molecule has 1 aromatic rings. The molecule has 0 unspecified atom stereocenters. The van der Waals surface area contributed by atoms with Crippen molar-refractivity contribution in [2.45, 2.75) is 57.3 Å². The molecule has 2 aliphatic rings. The number of ether oxygens (including phenoxy) is 2. The van der Waals surface area contributed by atoms with E-state index in [9.17, 15) is 5.11 Å². The van der Waals surface area contributed by atoms with Crippen LogP contribution < -0.4 is 4.74 Å². The molecule has 0 radical (unpaired) electrons. The number of hydrogen-bond donors (Lipinski definition) is 1. The van der Waals surface area contributed by atoms with Crippen molar-refractivity contribution in [1.82, 2.24) is 9.80 Å². The van der Waals surface area contributed by atoms with Crippen LogP contribution in [0.5, 0.6) is 5.75 Å². The van der Waals surface area contributed by atoms with Gasteiger partial charge in [-0.1, -0.05) is 25.0 Å². The fraction of sp³-hybridized carbons (Fsp3) is 0.727. The van der Waals surface area contributed by atoms with Gasteiger partial charge in [-0.25, -0.2) is 0 Å². The third kappa shape index (κ3) is 7.07. The van der Waals surface area contributed by atoms with Crippen LogP contribution in [0.3, 0.4) is 0 Å². The Morgan fingerprint density at radius 1 is 1.04 bits per heavy atom. The van der Waals surface area contributed by atoms with E-state index in [1.165, 1.54) is 31.2 Å². The van der Waals surface area contributed by atoms with Crippen molar-refractivity contribution in [3.63, 3.8) is 0 Å². The van der Waals surface area contributed by atoms with Crippen LogP contribution in [0.1, 0.15) is 44.1 Å².